The summed E-state index contributed by atoms with van der Waals surface area (Å²) >= 11 is 0. The summed E-state index contributed by atoms with van der Waals surface area (Å²) in [6.07, 6.45) is 1.10. The third-order valence-electron chi connectivity index (χ3n) is 3.62. The van der Waals surface area contributed by atoms with Crippen LogP contribution in [0.15, 0.2) is 4.42 Å². The van der Waals surface area contributed by atoms with Crippen molar-refractivity contribution < 1.29 is 56.0 Å². The number of nitrogens with zero attached hydrogens (tertiary/aromatic N) is 4. The summed E-state index contributed by atoms with van der Waals surface area (Å²) in [7, 11) is -5.02. The van der Waals surface area contributed by atoms with Gasteiger partial charge in [0.1, 0.15) is 0 Å². The van der Waals surface area contributed by atoms with Crippen LogP contribution in [0.5, 0.6) is 0 Å². The Morgan fingerprint density at radius 1 is 1.45 bits per heavy atom. The molecule has 3 heterocycles. The number of urea groups is 1. The molecule has 0 radical (unpaired) electrons. The number of amides is 2. The van der Waals surface area contributed by atoms with Gasteiger partial charge in [-0.15, -0.1) is 10.2 Å². The van der Waals surface area contributed by atoms with Crippen LogP contribution >= 0.6 is 0 Å². The molecule has 0 N–H and O–H groups in total. The average Bonchev–Trinajstić information content (AvgIpc) is 2.98. The normalized spacial score (nSPS) is 24.5. The Labute approximate surface area is 149 Å². The number of hydroxylamine groups is 2. The van der Waals surface area contributed by atoms with E-state index < -0.39 is 22.5 Å². The zero-order valence-corrected chi connectivity index (χ0v) is 14.9. The quantitative estimate of drug-likeness (QED) is 0.315. The van der Waals surface area contributed by atoms with Gasteiger partial charge in [-0.2, -0.15) is 9.35 Å². The second-order valence-electron chi connectivity index (χ2n) is 4.89. The first-order valence-electron chi connectivity index (χ1n) is 6.45. The average molecular weight is 340 g/mol. The topological polar surface area (TPSA) is 129 Å². The number of fused-ring (bicyclic) bond motifs is 2. The van der Waals surface area contributed by atoms with Crippen LogP contribution in [0.2, 0.25) is 0 Å². The molecule has 0 aliphatic carbocycles. The number of piperidine rings is 1. The summed E-state index contributed by atoms with van der Waals surface area (Å²) in [5.41, 5.74) is 0. The second-order valence-corrected chi connectivity index (χ2v) is 5.85. The first-order chi connectivity index (χ1) is 9.89. The minimum atomic E-state index is -5.02. The van der Waals surface area contributed by atoms with Gasteiger partial charge in [0.2, 0.25) is 22.2 Å². The van der Waals surface area contributed by atoms with Crippen molar-refractivity contribution in [3.8, 4) is 0 Å². The molecule has 0 unspecified atom stereocenters. The van der Waals surface area contributed by atoms with Crippen LogP contribution < -0.4 is 29.6 Å². The van der Waals surface area contributed by atoms with Gasteiger partial charge in [0.25, 0.3) is 0 Å². The maximum absolute atomic E-state index is 12.0. The number of rotatable bonds is 4. The third-order valence-corrected chi connectivity index (χ3v) is 3.96. The van der Waals surface area contributed by atoms with E-state index in [1.54, 1.807) is 0 Å². The molecule has 2 aliphatic rings. The Balaban J connectivity index is 0.00000176. The van der Waals surface area contributed by atoms with Gasteiger partial charge in [0.15, 0.2) is 0 Å². The van der Waals surface area contributed by atoms with Crippen molar-refractivity contribution in [2.75, 3.05) is 13.1 Å². The summed E-state index contributed by atoms with van der Waals surface area (Å²) in [6.45, 7) is 2.52. The van der Waals surface area contributed by atoms with Crippen LogP contribution in [0.3, 0.4) is 0 Å². The monoisotopic (exact) mass is 340 g/mol. The molecule has 2 atom stereocenters. The zero-order chi connectivity index (χ0) is 15.2. The zero-order valence-electron chi connectivity index (χ0n) is 12.1. The third kappa shape index (κ3) is 3.29. The van der Waals surface area contributed by atoms with E-state index in [-0.39, 0.29) is 42.0 Å². The van der Waals surface area contributed by atoms with E-state index in [2.05, 4.69) is 14.5 Å². The molecular formula is C10H13N4NaO6S. The Bertz CT molecular complexity index is 664. The molecule has 2 saturated heterocycles. The maximum Gasteiger partial charge on any atom is 1.00 e. The summed E-state index contributed by atoms with van der Waals surface area (Å²) < 4.78 is 42.1. The van der Waals surface area contributed by atoms with Crippen molar-refractivity contribution in [3.63, 3.8) is 0 Å². The molecule has 116 valence electrons. The van der Waals surface area contributed by atoms with Gasteiger partial charge in [-0.1, -0.05) is 6.92 Å². The smallest absolute Gasteiger partial charge is 0.724 e. The van der Waals surface area contributed by atoms with Crippen LogP contribution in [0.25, 0.3) is 0 Å². The van der Waals surface area contributed by atoms with E-state index in [4.69, 9.17) is 4.42 Å². The molecule has 12 heteroatoms. The fourth-order valence-electron chi connectivity index (χ4n) is 2.66. The summed E-state index contributed by atoms with van der Waals surface area (Å²) in [6, 6.07) is -1.28. The summed E-state index contributed by atoms with van der Waals surface area (Å²) in [4.78, 5) is 13.4. The van der Waals surface area contributed by atoms with E-state index in [1.807, 2.05) is 6.92 Å². The minimum absolute atomic E-state index is 0. The second kappa shape index (κ2) is 6.42. The minimum Gasteiger partial charge on any atom is -0.724 e. The Kier molecular flexibility index (Phi) is 5.14. The fourth-order valence-corrected chi connectivity index (χ4v) is 3.03. The molecule has 2 aliphatic heterocycles. The number of hydrogen-bond acceptors (Lipinski definition) is 8. The van der Waals surface area contributed by atoms with E-state index >= 15 is 0 Å². The number of carbonyl (C=O) groups is 1. The summed E-state index contributed by atoms with van der Waals surface area (Å²) in [5.74, 6) is 0.422. The molecule has 2 fully saturated rings. The number of aromatic nitrogens is 2. The van der Waals surface area contributed by atoms with E-state index in [1.165, 1.54) is 4.90 Å². The van der Waals surface area contributed by atoms with Crippen molar-refractivity contribution in [2.24, 2.45) is 0 Å². The molecule has 0 spiro atoms. The van der Waals surface area contributed by atoms with Crippen molar-refractivity contribution >= 4 is 16.4 Å². The van der Waals surface area contributed by atoms with Gasteiger partial charge in [0, 0.05) is 19.5 Å². The fraction of sp³-hybridized carbons (Fsp3) is 0.700. The van der Waals surface area contributed by atoms with Gasteiger partial charge in [-0.3, -0.25) is 0 Å². The SMILES string of the molecule is CCc1nnc([C@@H]2CCN3C[C@@H]2N(OS(=O)(=O)[O-])C3=O)o1.[Na+]. The van der Waals surface area contributed by atoms with Crippen molar-refractivity contribution in [1.82, 2.24) is 20.2 Å². The Morgan fingerprint density at radius 2 is 2.18 bits per heavy atom. The van der Waals surface area contributed by atoms with Crippen molar-refractivity contribution in [2.45, 2.75) is 31.7 Å². The van der Waals surface area contributed by atoms with Gasteiger partial charge in [-0.05, 0) is 6.42 Å². The largest absolute Gasteiger partial charge is 1.00 e. The van der Waals surface area contributed by atoms with E-state index in [9.17, 15) is 17.8 Å². The first kappa shape index (κ1) is 17.6. The van der Waals surface area contributed by atoms with Crippen LogP contribution in [0.4, 0.5) is 4.79 Å². The number of hydrogen-bond donors (Lipinski definition) is 0. The first-order valence-corrected chi connectivity index (χ1v) is 7.78. The molecule has 0 saturated carbocycles. The molecule has 10 nitrogen and oxygen atoms in total. The van der Waals surface area contributed by atoms with Gasteiger partial charge >= 0.3 is 35.6 Å². The van der Waals surface area contributed by atoms with Crippen molar-refractivity contribution in [3.05, 3.63) is 11.8 Å². The van der Waals surface area contributed by atoms with Gasteiger partial charge in [0.05, 0.1) is 12.0 Å². The molecule has 3 rings (SSSR count). The molecule has 0 aromatic carbocycles. The molecule has 2 amide bonds. The molecule has 2 bridgehead atoms. The predicted molar refractivity (Wildman–Crippen MR) is 64.4 cm³/mol. The molecule has 22 heavy (non-hydrogen) atoms. The van der Waals surface area contributed by atoms with Crippen LogP contribution in [-0.4, -0.2) is 58.3 Å². The van der Waals surface area contributed by atoms with Gasteiger partial charge in [-0.25, -0.2) is 13.2 Å². The Morgan fingerprint density at radius 3 is 2.77 bits per heavy atom. The standard InChI is InChI=1S/C10H14N4O6S.Na/c1-2-8-11-12-9(19-8)6-3-4-13-5-7(6)14(10(13)15)20-21(16,17)18;/h6-7H,2-5H2,1H3,(H,16,17,18);/q;+1/p-1/t6-,7+;/m1./s1. The molecule has 1 aromatic heterocycles. The summed E-state index contributed by atoms with van der Waals surface area (Å²) in [5, 5.41) is 8.39. The number of carbonyl (C=O) groups excluding carboxylic acids is 1. The maximum atomic E-state index is 12.0. The predicted octanol–water partition coefficient (Wildman–Crippen LogP) is -3.38. The van der Waals surface area contributed by atoms with E-state index in [0.29, 0.717) is 36.2 Å². The Hall–Kier alpha value is -0.720. The van der Waals surface area contributed by atoms with Gasteiger partial charge < -0.3 is 13.9 Å². The van der Waals surface area contributed by atoms with Crippen molar-refractivity contribution in [1.29, 1.82) is 0 Å². The molecular weight excluding hydrogens is 327 g/mol. The van der Waals surface area contributed by atoms with Crippen LogP contribution in [0, 0.1) is 0 Å². The molecule has 1 aromatic rings. The van der Waals surface area contributed by atoms with E-state index in [0.717, 1.165) is 0 Å². The van der Waals surface area contributed by atoms with Crippen LogP contribution in [0.1, 0.15) is 31.0 Å². The number of aryl methyl sites for hydroxylation is 1. The van der Waals surface area contributed by atoms with Crippen LogP contribution in [-0.2, 0) is 21.1 Å².